The van der Waals surface area contributed by atoms with Crippen LogP contribution in [0.2, 0.25) is 0 Å². The molecule has 0 unspecified atom stereocenters. The lowest BCUT2D eigenvalue weighted by molar-refractivity contribution is 0.0998. The number of thioether (sulfide) groups is 1. The highest BCUT2D eigenvalue weighted by molar-refractivity contribution is 7.99. The molecule has 4 N–H and O–H groups in total. The molecule has 0 aliphatic rings. The second-order valence-electron chi connectivity index (χ2n) is 7.75. The Morgan fingerprint density at radius 3 is 2.21 bits per heavy atom. The molecule has 0 bridgehead atoms. The third-order valence-corrected chi connectivity index (χ3v) is 6.91. The Morgan fingerprint density at radius 1 is 1.06 bits per heavy atom. The van der Waals surface area contributed by atoms with Crippen molar-refractivity contribution in [2.24, 2.45) is 5.73 Å². The quantitative estimate of drug-likeness (QED) is 0.354. The summed E-state index contributed by atoms with van der Waals surface area (Å²) >= 11 is 2.55. The second-order valence-corrected chi connectivity index (χ2v) is 9.61. The van der Waals surface area contributed by atoms with Crippen LogP contribution in [0.3, 0.4) is 0 Å². The van der Waals surface area contributed by atoms with E-state index in [-0.39, 0.29) is 17.5 Å². The lowest BCUT2D eigenvalue weighted by Crippen LogP contribution is -2.34. The van der Waals surface area contributed by atoms with Gasteiger partial charge in [-0.05, 0) is 43.2 Å². The van der Waals surface area contributed by atoms with E-state index < -0.39 is 5.91 Å². The number of rotatable bonds is 11. The fourth-order valence-corrected chi connectivity index (χ4v) is 5.36. The molecule has 0 atom stereocenters. The van der Waals surface area contributed by atoms with Crippen molar-refractivity contribution in [2.45, 2.75) is 17.4 Å². The number of urea groups is 1. The van der Waals surface area contributed by atoms with Crippen molar-refractivity contribution < 1.29 is 9.59 Å². The van der Waals surface area contributed by atoms with Gasteiger partial charge in [0.15, 0.2) is 0 Å². The molecule has 174 valence electrons. The highest BCUT2D eigenvalue weighted by Gasteiger charge is 2.22. The van der Waals surface area contributed by atoms with E-state index in [0.29, 0.717) is 23.1 Å². The van der Waals surface area contributed by atoms with Crippen LogP contribution in [-0.2, 0) is 0 Å². The number of carbonyl (C=O) groups excluding carboxylic acids is 2. The summed E-state index contributed by atoms with van der Waals surface area (Å²) in [6.07, 6.45) is 0.863. The predicted octanol–water partition coefficient (Wildman–Crippen LogP) is 4.24. The summed E-state index contributed by atoms with van der Waals surface area (Å²) in [4.78, 5) is 26.3. The van der Waals surface area contributed by atoms with Crippen molar-refractivity contribution in [1.29, 1.82) is 0 Å². The van der Waals surface area contributed by atoms with Crippen LogP contribution >= 0.6 is 23.3 Å². The van der Waals surface area contributed by atoms with Crippen LogP contribution in [0, 0.1) is 0 Å². The van der Waals surface area contributed by atoms with Gasteiger partial charge in [0.05, 0.1) is 0 Å². The number of hydrogen-bond donors (Lipinski definition) is 3. The van der Waals surface area contributed by atoms with E-state index in [9.17, 15) is 9.59 Å². The molecule has 33 heavy (non-hydrogen) atoms. The van der Waals surface area contributed by atoms with E-state index in [1.54, 1.807) is 0 Å². The molecule has 0 radical (unpaired) electrons. The Labute approximate surface area is 202 Å². The molecule has 2 aromatic carbocycles. The summed E-state index contributed by atoms with van der Waals surface area (Å²) in [5, 5.41) is 6.39. The van der Waals surface area contributed by atoms with Crippen LogP contribution in [-0.4, -0.2) is 54.1 Å². The first kappa shape index (κ1) is 24.8. The fraction of sp³-hybridized carbons (Fsp3) is 0.292. The molecule has 0 fully saturated rings. The Morgan fingerprint density at radius 2 is 1.67 bits per heavy atom. The van der Waals surface area contributed by atoms with Crippen molar-refractivity contribution in [3.8, 4) is 0 Å². The number of hydrogen-bond acceptors (Lipinski definition) is 6. The van der Waals surface area contributed by atoms with Crippen LogP contribution in [0.1, 0.15) is 33.8 Å². The van der Waals surface area contributed by atoms with Crippen molar-refractivity contribution in [3.63, 3.8) is 0 Å². The molecule has 0 aliphatic heterocycles. The topological polar surface area (TPSA) is 100 Å². The molecule has 1 aromatic heterocycles. The van der Waals surface area contributed by atoms with Crippen molar-refractivity contribution in [2.75, 3.05) is 38.3 Å². The minimum Gasteiger partial charge on any atom is -0.365 e. The van der Waals surface area contributed by atoms with Crippen LogP contribution in [0.25, 0.3) is 0 Å². The Bertz CT molecular complexity index is 1000. The van der Waals surface area contributed by atoms with E-state index >= 15 is 0 Å². The molecule has 7 nitrogen and oxygen atoms in total. The standard InChI is InChI=1S/C24H29N5O2S2/c1-29(2)15-14-26-24(31)27-22-20(21(25)30)23(28-33-22)32-16-13-19(17-9-5-3-6-10-17)18-11-7-4-8-12-18/h3-12,19H,13-16H2,1-2H3,(H2,25,30)(H2,26,27,31). The lowest BCUT2D eigenvalue weighted by atomic mass is 9.89. The number of carbonyl (C=O) groups is 2. The molecule has 3 amide bonds. The highest BCUT2D eigenvalue weighted by atomic mass is 32.2. The maximum atomic E-state index is 12.2. The average molecular weight is 484 g/mol. The third kappa shape index (κ3) is 7.31. The molecular weight excluding hydrogens is 454 g/mol. The van der Waals surface area contributed by atoms with Gasteiger partial charge in [-0.3, -0.25) is 10.1 Å². The zero-order valence-corrected chi connectivity index (χ0v) is 20.4. The van der Waals surface area contributed by atoms with Crippen molar-refractivity contribution in [3.05, 3.63) is 77.4 Å². The van der Waals surface area contributed by atoms with Gasteiger partial charge in [0.1, 0.15) is 15.6 Å². The molecular formula is C24H29N5O2S2. The summed E-state index contributed by atoms with van der Waals surface area (Å²) in [7, 11) is 3.86. The zero-order valence-electron chi connectivity index (χ0n) is 18.8. The van der Waals surface area contributed by atoms with Crippen LogP contribution in [0.15, 0.2) is 65.7 Å². The van der Waals surface area contributed by atoms with E-state index in [2.05, 4.69) is 39.3 Å². The number of nitrogens with zero attached hydrogens (tertiary/aromatic N) is 2. The maximum Gasteiger partial charge on any atom is 0.319 e. The highest BCUT2D eigenvalue weighted by Crippen LogP contribution is 2.35. The van der Waals surface area contributed by atoms with Gasteiger partial charge in [-0.15, -0.1) is 11.8 Å². The Hall–Kier alpha value is -2.88. The number of aromatic nitrogens is 1. The Balaban J connectivity index is 1.66. The number of nitrogens with one attached hydrogen (secondary N) is 2. The predicted molar refractivity (Wildman–Crippen MR) is 136 cm³/mol. The Kier molecular flexibility index (Phi) is 9.29. The van der Waals surface area contributed by atoms with Crippen LogP contribution in [0.5, 0.6) is 0 Å². The molecule has 3 aromatic rings. The van der Waals surface area contributed by atoms with Gasteiger partial charge >= 0.3 is 6.03 Å². The van der Waals surface area contributed by atoms with Gasteiger partial charge in [-0.1, -0.05) is 60.7 Å². The first-order valence-corrected chi connectivity index (χ1v) is 12.4. The smallest absolute Gasteiger partial charge is 0.319 e. The molecule has 0 aliphatic carbocycles. The van der Waals surface area contributed by atoms with E-state index in [4.69, 9.17) is 5.73 Å². The normalized spacial score (nSPS) is 11.0. The molecule has 0 saturated carbocycles. The van der Waals surface area contributed by atoms with Gasteiger partial charge in [0, 0.05) is 24.8 Å². The number of nitrogens with two attached hydrogens (primary N) is 1. The van der Waals surface area contributed by atoms with Crippen LogP contribution in [0.4, 0.5) is 9.80 Å². The van der Waals surface area contributed by atoms with Crippen molar-refractivity contribution >= 4 is 40.2 Å². The number of likely N-dealkylation sites (N-methyl/N-ethyl adjacent to an activating group) is 1. The van der Waals surface area contributed by atoms with Gasteiger partial charge in [0.2, 0.25) is 0 Å². The first-order chi connectivity index (χ1) is 16.0. The first-order valence-electron chi connectivity index (χ1n) is 10.7. The summed E-state index contributed by atoms with van der Waals surface area (Å²) in [6, 6.07) is 20.4. The van der Waals surface area contributed by atoms with Gasteiger partial charge in [0.25, 0.3) is 5.91 Å². The molecule has 9 heteroatoms. The molecule has 3 rings (SSSR count). The SMILES string of the molecule is CN(C)CCNC(=O)Nc1snc(SCCC(c2ccccc2)c2ccccc2)c1C(N)=O. The maximum absolute atomic E-state index is 12.2. The minimum atomic E-state index is -0.600. The third-order valence-electron chi connectivity index (χ3n) is 5.03. The monoisotopic (exact) mass is 483 g/mol. The van der Waals surface area contributed by atoms with Crippen molar-refractivity contribution in [1.82, 2.24) is 14.6 Å². The lowest BCUT2D eigenvalue weighted by Gasteiger charge is -2.17. The number of benzene rings is 2. The summed E-state index contributed by atoms with van der Waals surface area (Å²) in [5.74, 6) is 0.376. The second kappa shape index (κ2) is 12.4. The van der Waals surface area contributed by atoms with E-state index in [0.717, 1.165) is 23.7 Å². The largest absolute Gasteiger partial charge is 0.365 e. The molecule has 1 heterocycles. The fourth-order valence-electron chi connectivity index (χ4n) is 3.39. The van der Waals surface area contributed by atoms with E-state index in [1.165, 1.54) is 22.9 Å². The number of amides is 3. The molecule has 0 saturated heterocycles. The van der Waals surface area contributed by atoms with E-state index in [1.807, 2.05) is 55.4 Å². The molecule has 0 spiro atoms. The van der Waals surface area contributed by atoms with Gasteiger partial charge in [-0.2, -0.15) is 4.37 Å². The zero-order chi connectivity index (χ0) is 23.6. The minimum absolute atomic E-state index is 0.232. The number of anilines is 1. The van der Waals surface area contributed by atoms with Crippen LogP contribution < -0.4 is 16.4 Å². The average Bonchev–Trinajstić information content (AvgIpc) is 3.20. The van der Waals surface area contributed by atoms with Gasteiger partial charge in [-0.25, -0.2) is 4.79 Å². The number of primary amides is 1. The summed E-state index contributed by atoms with van der Waals surface area (Å²) in [6.45, 7) is 1.20. The van der Waals surface area contributed by atoms with Gasteiger partial charge < -0.3 is 16.0 Å². The summed E-state index contributed by atoms with van der Waals surface area (Å²) < 4.78 is 4.39. The summed E-state index contributed by atoms with van der Waals surface area (Å²) in [5.41, 5.74) is 8.38.